The molecule has 1 heterocycles. The minimum Gasteiger partial charge on any atom is -0.364 e. The van der Waals surface area contributed by atoms with Crippen molar-refractivity contribution < 1.29 is 0 Å². The summed E-state index contributed by atoms with van der Waals surface area (Å²) in [6, 6.07) is 0. The Hall–Kier alpha value is 0.380. The van der Waals surface area contributed by atoms with Gasteiger partial charge in [-0.1, -0.05) is 11.8 Å². The van der Waals surface area contributed by atoms with Crippen molar-refractivity contribution >= 4 is 64.8 Å². The Morgan fingerprint density at radius 3 is 2.82 bits per heavy atom. The van der Waals surface area contributed by atoms with Gasteiger partial charge in [-0.3, -0.25) is 4.99 Å². The van der Waals surface area contributed by atoms with Gasteiger partial charge in [0.15, 0.2) is 5.17 Å². The summed E-state index contributed by atoms with van der Waals surface area (Å²) >= 11 is 5.26. The Morgan fingerprint density at radius 1 is 1.53 bits per heavy atom. The van der Waals surface area contributed by atoms with Crippen LogP contribution in [0.4, 0.5) is 0 Å². The highest BCUT2D eigenvalue weighted by atomic mass is 35.5. The van der Waals surface area contributed by atoms with E-state index in [1.54, 1.807) is 23.1 Å². The third kappa shape index (κ3) is 9.02. The average molecular weight is 334 g/mol. The van der Waals surface area contributed by atoms with Crippen LogP contribution < -0.4 is 5.32 Å². The van der Waals surface area contributed by atoms with E-state index >= 15 is 0 Å². The maximum Gasteiger partial charge on any atom is 0.156 e. The van der Waals surface area contributed by atoms with Gasteiger partial charge in [-0.25, -0.2) is 4.98 Å². The van der Waals surface area contributed by atoms with Crippen LogP contribution in [0, 0.1) is 0 Å². The standard InChI is InChI=1S/C9H15N3S3.2ClH/c1-10-9(13-2)12-3-5-14-7-8-11-4-6-15-8;;/h4,6H,3,5,7H2,1-2H3,(H,10,12);2*1H. The highest BCUT2D eigenvalue weighted by Crippen LogP contribution is 2.13. The maximum atomic E-state index is 4.23. The summed E-state index contributed by atoms with van der Waals surface area (Å²) in [6.45, 7) is 0.962. The van der Waals surface area contributed by atoms with Gasteiger partial charge in [0.25, 0.3) is 0 Å². The fourth-order valence-corrected chi connectivity index (χ4v) is 2.95. The molecular formula is C9H17Cl2N3S3. The Kier molecular flexibility index (Phi) is 14.9. The molecule has 0 fully saturated rings. The van der Waals surface area contributed by atoms with E-state index in [1.165, 1.54) is 5.01 Å². The molecule has 0 spiro atoms. The molecule has 1 N–H and O–H groups in total. The zero-order valence-electron chi connectivity index (χ0n) is 9.71. The van der Waals surface area contributed by atoms with E-state index in [4.69, 9.17) is 0 Å². The molecule has 0 bridgehead atoms. The fourth-order valence-electron chi connectivity index (χ4n) is 0.956. The molecule has 0 atom stereocenters. The zero-order chi connectivity index (χ0) is 10.9. The number of halogens is 2. The summed E-state index contributed by atoms with van der Waals surface area (Å²) in [5, 5.41) is 7.50. The van der Waals surface area contributed by atoms with Crippen molar-refractivity contribution in [2.24, 2.45) is 4.99 Å². The first kappa shape index (κ1) is 19.7. The first-order valence-corrected chi connectivity index (χ1v) is 7.83. The van der Waals surface area contributed by atoms with Crippen molar-refractivity contribution in [2.45, 2.75) is 5.75 Å². The molecule has 0 aliphatic heterocycles. The Labute approximate surface area is 127 Å². The number of amidine groups is 1. The van der Waals surface area contributed by atoms with Gasteiger partial charge in [0, 0.05) is 36.7 Å². The number of thioether (sulfide) groups is 2. The van der Waals surface area contributed by atoms with Gasteiger partial charge >= 0.3 is 0 Å². The molecule has 0 aliphatic rings. The normalized spacial score (nSPS) is 10.4. The van der Waals surface area contributed by atoms with Crippen LogP contribution in [0.1, 0.15) is 5.01 Å². The number of hydrogen-bond acceptors (Lipinski definition) is 5. The van der Waals surface area contributed by atoms with Crippen molar-refractivity contribution in [2.75, 3.05) is 25.6 Å². The molecule has 3 nitrogen and oxygen atoms in total. The summed E-state index contributed by atoms with van der Waals surface area (Å²) in [6.07, 6.45) is 3.88. The molecule has 1 rings (SSSR count). The minimum absolute atomic E-state index is 0. The largest absolute Gasteiger partial charge is 0.364 e. The SMILES string of the molecule is CN=C(NCCSCc1nccs1)SC.Cl.Cl. The van der Waals surface area contributed by atoms with E-state index in [9.17, 15) is 0 Å². The van der Waals surface area contributed by atoms with E-state index in [0.29, 0.717) is 0 Å². The van der Waals surface area contributed by atoms with E-state index in [2.05, 4.69) is 15.3 Å². The first-order chi connectivity index (χ1) is 7.36. The molecule has 0 aliphatic carbocycles. The Morgan fingerprint density at radius 2 is 2.29 bits per heavy atom. The van der Waals surface area contributed by atoms with E-state index in [1.807, 2.05) is 36.6 Å². The van der Waals surface area contributed by atoms with Crippen LogP contribution in [0.3, 0.4) is 0 Å². The molecule has 1 aromatic heterocycles. The molecule has 0 saturated heterocycles. The van der Waals surface area contributed by atoms with Crippen molar-refractivity contribution in [3.63, 3.8) is 0 Å². The van der Waals surface area contributed by atoms with E-state index in [-0.39, 0.29) is 24.8 Å². The molecule has 100 valence electrons. The van der Waals surface area contributed by atoms with Crippen LogP contribution in [0.15, 0.2) is 16.6 Å². The number of hydrogen-bond donors (Lipinski definition) is 1. The van der Waals surface area contributed by atoms with Crippen LogP contribution in [-0.2, 0) is 5.75 Å². The first-order valence-electron chi connectivity index (χ1n) is 4.57. The average Bonchev–Trinajstić information content (AvgIpc) is 2.76. The second-order valence-corrected chi connectivity index (χ2v) is 5.52. The van der Waals surface area contributed by atoms with Gasteiger partial charge in [-0.15, -0.1) is 36.2 Å². The predicted molar refractivity (Wildman–Crippen MR) is 87.6 cm³/mol. The molecule has 0 amide bonds. The second kappa shape index (κ2) is 12.8. The molecule has 8 heteroatoms. The molecule has 0 aromatic carbocycles. The number of nitrogens with one attached hydrogen (secondary N) is 1. The maximum absolute atomic E-state index is 4.23. The van der Waals surface area contributed by atoms with Crippen molar-refractivity contribution in [1.29, 1.82) is 0 Å². The van der Waals surface area contributed by atoms with Gasteiger partial charge in [0.1, 0.15) is 5.01 Å². The van der Waals surface area contributed by atoms with Gasteiger partial charge < -0.3 is 5.32 Å². The molecule has 0 saturated carbocycles. The van der Waals surface area contributed by atoms with Gasteiger partial charge in [-0.05, 0) is 6.26 Å². The zero-order valence-corrected chi connectivity index (χ0v) is 13.8. The van der Waals surface area contributed by atoms with Crippen molar-refractivity contribution in [1.82, 2.24) is 10.3 Å². The fraction of sp³-hybridized carbons (Fsp3) is 0.556. The van der Waals surface area contributed by atoms with Crippen LogP contribution in [-0.4, -0.2) is 35.8 Å². The lowest BCUT2D eigenvalue weighted by Crippen LogP contribution is -2.22. The monoisotopic (exact) mass is 333 g/mol. The highest BCUT2D eigenvalue weighted by molar-refractivity contribution is 8.13. The van der Waals surface area contributed by atoms with Crippen LogP contribution >= 0.6 is 59.7 Å². The van der Waals surface area contributed by atoms with Gasteiger partial charge in [0.2, 0.25) is 0 Å². The number of nitrogens with zero attached hydrogens (tertiary/aromatic N) is 2. The van der Waals surface area contributed by atoms with Gasteiger partial charge in [-0.2, -0.15) is 11.8 Å². The summed E-state index contributed by atoms with van der Waals surface area (Å²) in [4.78, 5) is 8.33. The van der Waals surface area contributed by atoms with Crippen LogP contribution in [0.2, 0.25) is 0 Å². The predicted octanol–water partition coefficient (Wildman–Crippen LogP) is 3.16. The van der Waals surface area contributed by atoms with Crippen LogP contribution in [0.5, 0.6) is 0 Å². The number of aromatic nitrogens is 1. The summed E-state index contributed by atoms with van der Waals surface area (Å²) in [5.41, 5.74) is 0. The second-order valence-electron chi connectivity index (χ2n) is 2.64. The molecule has 17 heavy (non-hydrogen) atoms. The molecule has 1 aromatic rings. The molecule has 0 unspecified atom stereocenters. The lowest BCUT2D eigenvalue weighted by Gasteiger charge is -2.05. The summed E-state index contributed by atoms with van der Waals surface area (Å²) in [7, 11) is 1.81. The Bertz CT molecular complexity index is 294. The van der Waals surface area contributed by atoms with Crippen LogP contribution in [0.25, 0.3) is 0 Å². The minimum atomic E-state index is 0. The quantitative estimate of drug-likeness (QED) is 0.510. The van der Waals surface area contributed by atoms with Gasteiger partial charge in [0.05, 0.1) is 0 Å². The lowest BCUT2D eigenvalue weighted by molar-refractivity contribution is 0.988. The van der Waals surface area contributed by atoms with E-state index in [0.717, 1.165) is 23.2 Å². The molecule has 0 radical (unpaired) electrons. The smallest absolute Gasteiger partial charge is 0.156 e. The number of thiazole rings is 1. The topological polar surface area (TPSA) is 37.3 Å². The summed E-state index contributed by atoms with van der Waals surface area (Å²) < 4.78 is 0. The Balaban J connectivity index is 0. The highest BCUT2D eigenvalue weighted by Gasteiger charge is 1.97. The third-order valence-electron chi connectivity index (χ3n) is 1.63. The van der Waals surface area contributed by atoms with E-state index < -0.39 is 0 Å². The lowest BCUT2D eigenvalue weighted by atomic mass is 10.7. The van der Waals surface area contributed by atoms with Crippen molar-refractivity contribution in [3.8, 4) is 0 Å². The number of aliphatic imine (C=N–C) groups is 1. The third-order valence-corrected chi connectivity index (χ3v) is 4.27. The molecular weight excluding hydrogens is 317 g/mol. The summed E-state index contributed by atoms with van der Waals surface area (Å²) in [5.74, 6) is 2.09. The number of rotatable bonds is 5. The van der Waals surface area contributed by atoms with Crippen molar-refractivity contribution in [3.05, 3.63) is 16.6 Å².